The minimum absolute atomic E-state index is 0.654. The van der Waals surface area contributed by atoms with E-state index in [-0.39, 0.29) is 0 Å². The van der Waals surface area contributed by atoms with Crippen LogP contribution in [0.3, 0.4) is 0 Å². The molecule has 106 valence electrons. The van der Waals surface area contributed by atoms with Crippen molar-refractivity contribution < 1.29 is 4.74 Å². The van der Waals surface area contributed by atoms with Gasteiger partial charge in [-0.15, -0.1) is 0 Å². The van der Waals surface area contributed by atoms with Crippen molar-refractivity contribution in [3.05, 3.63) is 17.5 Å². The van der Waals surface area contributed by atoms with Crippen molar-refractivity contribution in [1.29, 1.82) is 0 Å². The number of morpholine rings is 1. The first-order valence-electron chi connectivity index (χ1n) is 7.03. The summed E-state index contributed by atoms with van der Waals surface area (Å²) in [6, 6.07) is 2.05. The number of hydrogen-bond acceptors (Lipinski definition) is 5. The second-order valence-electron chi connectivity index (χ2n) is 5.42. The minimum atomic E-state index is 0.654. The molecule has 19 heavy (non-hydrogen) atoms. The summed E-state index contributed by atoms with van der Waals surface area (Å²) in [6.45, 7) is 11.5. The van der Waals surface area contributed by atoms with E-state index >= 15 is 0 Å². The third kappa shape index (κ3) is 4.44. The van der Waals surface area contributed by atoms with E-state index in [1.165, 1.54) is 0 Å². The van der Waals surface area contributed by atoms with E-state index in [0.29, 0.717) is 5.92 Å². The third-order valence-electron chi connectivity index (χ3n) is 3.05. The lowest BCUT2D eigenvalue weighted by molar-refractivity contribution is 0.122. The van der Waals surface area contributed by atoms with Crippen molar-refractivity contribution in [3.8, 4) is 0 Å². The Morgan fingerprint density at radius 2 is 2.05 bits per heavy atom. The molecule has 2 rings (SSSR count). The maximum atomic E-state index is 5.36. The van der Waals surface area contributed by atoms with E-state index in [4.69, 9.17) is 4.74 Å². The van der Waals surface area contributed by atoms with Gasteiger partial charge < -0.3 is 15.0 Å². The Morgan fingerprint density at radius 1 is 1.32 bits per heavy atom. The molecule has 0 amide bonds. The maximum Gasteiger partial charge on any atom is 0.225 e. The average Bonchev–Trinajstić information content (AvgIpc) is 2.39. The Balaban J connectivity index is 2.01. The number of ether oxygens (including phenoxy) is 1. The molecule has 2 heterocycles. The largest absolute Gasteiger partial charge is 0.378 e. The van der Waals surface area contributed by atoms with Gasteiger partial charge in [-0.05, 0) is 25.5 Å². The van der Waals surface area contributed by atoms with Gasteiger partial charge in [-0.1, -0.05) is 13.8 Å². The Hall–Kier alpha value is -1.20. The molecule has 0 atom stereocenters. The minimum Gasteiger partial charge on any atom is -0.378 e. The molecule has 5 nitrogen and oxygen atoms in total. The second kappa shape index (κ2) is 6.82. The lowest BCUT2D eigenvalue weighted by Gasteiger charge is -2.27. The zero-order valence-corrected chi connectivity index (χ0v) is 12.1. The van der Waals surface area contributed by atoms with Gasteiger partial charge in [-0.2, -0.15) is 0 Å². The first-order chi connectivity index (χ1) is 9.15. The van der Waals surface area contributed by atoms with E-state index in [1.807, 2.05) is 6.92 Å². The normalized spacial score (nSPS) is 16.1. The fourth-order valence-electron chi connectivity index (χ4n) is 2.10. The molecule has 1 N–H and O–H groups in total. The molecule has 1 aliphatic heterocycles. The highest BCUT2D eigenvalue weighted by molar-refractivity contribution is 5.32. The predicted octanol–water partition coefficient (Wildman–Crippen LogP) is 1.37. The van der Waals surface area contributed by atoms with Crippen LogP contribution < -0.4 is 10.2 Å². The fourth-order valence-corrected chi connectivity index (χ4v) is 2.10. The van der Waals surface area contributed by atoms with E-state index < -0.39 is 0 Å². The van der Waals surface area contributed by atoms with Gasteiger partial charge in [0, 0.05) is 25.3 Å². The van der Waals surface area contributed by atoms with Gasteiger partial charge in [-0.3, -0.25) is 0 Å². The summed E-state index contributed by atoms with van der Waals surface area (Å²) in [7, 11) is 0. The van der Waals surface area contributed by atoms with Gasteiger partial charge >= 0.3 is 0 Å². The van der Waals surface area contributed by atoms with Gasteiger partial charge in [0.2, 0.25) is 5.95 Å². The molecular formula is C14H24N4O. The van der Waals surface area contributed by atoms with Crippen LogP contribution in [-0.2, 0) is 11.3 Å². The Kier molecular flexibility index (Phi) is 5.10. The Labute approximate surface area is 115 Å². The number of aromatic nitrogens is 2. The summed E-state index contributed by atoms with van der Waals surface area (Å²) in [5.74, 6) is 1.49. The lowest BCUT2D eigenvalue weighted by atomic mass is 10.2. The standard InChI is InChI=1S/C14H24N4O/c1-11(2)9-15-10-13-8-12(3)16-14(17-13)18-4-6-19-7-5-18/h8,11,15H,4-7,9-10H2,1-3H3. The number of anilines is 1. The van der Waals surface area contributed by atoms with Gasteiger partial charge in [0.25, 0.3) is 0 Å². The molecular weight excluding hydrogens is 240 g/mol. The van der Waals surface area contributed by atoms with E-state index in [1.54, 1.807) is 0 Å². The topological polar surface area (TPSA) is 50.3 Å². The smallest absolute Gasteiger partial charge is 0.225 e. The Bertz CT molecular complexity index is 402. The molecule has 1 aromatic heterocycles. The first kappa shape index (κ1) is 14.2. The summed E-state index contributed by atoms with van der Waals surface area (Å²) in [6.07, 6.45) is 0. The number of hydrogen-bond donors (Lipinski definition) is 1. The summed E-state index contributed by atoms with van der Waals surface area (Å²) >= 11 is 0. The molecule has 1 fully saturated rings. The number of aryl methyl sites for hydroxylation is 1. The van der Waals surface area contributed by atoms with Crippen LogP contribution in [0.4, 0.5) is 5.95 Å². The maximum absolute atomic E-state index is 5.36. The summed E-state index contributed by atoms with van der Waals surface area (Å²) in [5, 5.41) is 3.42. The van der Waals surface area contributed by atoms with Gasteiger partial charge in [0.15, 0.2) is 0 Å². The van der Waals surface area contributed by atoms with Crippen LogP contribution in [0.25, 0.3) is 0 Å². The van der Waals surface area contributed by atoms with Crippen molar-refractivity contribution in [3.63, 3.8) is 0 Å². The monoisotopic (exact) mass is 264 g/mol. The molecule has 0 spiro atoms. The zero-order valence-electron chi connectivity index (χ0n) is 12.1. The van der Waals surface area contributed by atoms with Crippen LogP contribution in [0.1, 0.15) is 25.2 Å². The first-order valence-corrected chi connectivity index (χ1v) is 7.03. The highest BCUT2D eigenvalue weighted by atomic mass is 16.5. The molecule has 0 unspecified atom stereocenters. The molecule has 0 radical (unpaired) electrons. The SMILES string of the molecule is Cc1cc(CNCC(C)C)nc(N2CCOCC2)n1. The molecule has 1 aromatic rings. The molecule has 0 aliphatic carbocycles. The number of nitrogens with zero attached hydrogens (tertiary/aromatic N) is 3. The van der Waals surface area contributed by atoms with Crippen LogP contribution >= 0.6 is 0 Å². The van der Waals surface area contributed by atoms with Crippen molar-refractivity contribution >= 4 is 5.95 Å². The molecule has 1 saturated heterocycles. The average molecular weight is 264 g/mol. The van der Waals surface area contributed by atoms with E-state index in [9.17, 15) is 0 Å². The zero-order chi connectivity index (χ0) is 13.7. The van der Waals surface area contributed by atoms with Crippen LogP contribution in [0, 0.1) is 12.8 Å². The molecule has 0 saturated carbocycles. The van der Waals surface area contributed by atoms with Crippen LogP contribution in [0.5, 0.6) is 0 Å². The summed E-state index contributed by atoms with van der Waals surface area (Å²) in [4.78, 5) is 11.4. The number of nitrogens with one attached hydrogen (secondary N) is 1. The highest BCUT2D eigenvalue weighted by Crippen LogP contribution is 2.12. The van der Waals surface area contributed by atoms with E-state index in [0.717, 1.165) is 56.7 Å². The Morgan fingerprint density at radius 3 is 2.74 bits per heavy atom. The van der Waals surface area contributed by atoms with E-state index in [2.05, 4.69) is 40.1 Å². The number of rotatable bonds is 5. The van der Waals surface area contributed by atoms with Crippen molar-refractivity contribution in [1.82, 2.24) is 15.3 Å². The van der Waals surface area contributed by atoms with Gasteiger partial charge in [0.1, 0.15) is 0 Å². The van der Waals surface area contributed by atoms with Crippen molar-refractivity contribution in [2.45, 2.75) is 27.3 Å². The fraction of sp³-hybridized carbons (Fsp3) is 0.714. The van der Waals surface area contributed by atoms with Crippen molar-refractivity contribution in [2.24, 2.45) is 5.92 Å². The predicted molar refractivity (Wildman–Crippen MR) is 76.3 cm³/mol. The van der Waals surface area contributed by atoms with Gasteiger partial charge in [-0.25, -0.2) is 9.97 Å². The summed E-state index contributed by atoms with van der Waals surface area (Å²) in [5.41, 5.74) is 2.09. The summed E-state index contributed by atoms with van der Waals surface area (Å²) < 4.78 is 5.36. The molecule has 1 aliphatic rings. The molecule has 5 heteroatoms. The molecule has 0 bridgehead atoms. The van der Waals surface area contributed by atoms with Crippen molar-refractivity contribution in [2.75, 3.05) is 37.7 Å². The quantitative estimate of drug-likeness (QED) is 0.870. The van der Waals surface area contributed by atoms with Crippen LogP contribution in [0.2, 0.25) is 0 Å². The third-order valence-corrected chi connectivity index (χ3v) is 3.05. The highest BCUT2D eigenvalue weighted by Gasteiger charge is 2.14. The van der Waals surface area contributed by atoms with Crippen LogP contribution in [-0.4, -0.2) is 42.8 Å². The van der Waals surface area contributed by atoms with Crippen LogP contribution in [0.15, 0.2) is 6.07 Å². The van der Waals surface area contributed by atoms with Gasteiger partial charge in [0.05, 0.1) is 18.9 Å². The molecule has 0 aromatic carbocycles. The second-order valence-corrected chi connectivity index (χ2v) is 5.42. The lowest BCUT2D eigenvalue weighted by Crippen LogP contribution is -2.37.